The fraction of sp³-hybridized carbons (Fsp3) is 0.364. The summed E-state index contributed by atoms with van der Waals surface area (Å²) in [5, 5.41) is 17.9. The van der Waals surface area contributed by atoms with Crippen LogP contribution in [0.3, 0.4) is 0 Å². The van der Waals surface area contributed by atoms with Crippen molar-refractivity contribution in [2.24, 2.45) is 0 Å². The zero-order valence-corrected chi connectivity index (χ0v) is 9.83. The predicted molar refractivity (Wildman–Crippen MR) is 64.8 cm³/mol. The molecule has 1 unspecified atom stereocenters. The quantitative estimate of drug-likeness (QED) is 0.541. The van der Waals surface area contributed by atoms with Crippen molar-refractivity contribution in [2.45, 2.75) is 23.5 Å². The van der Waals surface area contributed by atoms with Crippen molar-refractivity contribution in [3.05, 3.63) is 23.8 Å². The van der Waals surface area contributed by atoms with E-state index in [1.807, 2.05) is 6.92 Å². The number of aliphatic hydroxyl groups is 1. The Balaban J connectivity index is 2.82. The van der Waals surface area contributed by atoms with Crippen molar-refractivity contribution in [1.82, 2.24) is 0 Å². The summed E-state index contributed by atoms with van der Waals surface area (Å²) in [5.74, 6) is -1.02. The van der Waals surface area contributed by atoms with Crippen molar-refractivity contribution < 1.29 is 15.0 Å². The number of carboxylic acid groups (broad SMARTS) is 1. The van der Waals surface area contributed by atoms with Gasteiger partial charge in [-0.3, -0.25) is 0 Å². The van der Waals surface area contributed by atoms with Crippen LogP contribution in [0.5, 0.6) is 0 Å². The molecule has 0 aliphatic rings. The van der Waals surface area contributed by atoms with E-state index in [1.54, 1.807) is 18.2 Å². The highest BCUT2D eigenvalue weighted by Gasteiger charge is 2.10. The van der Waals surface area contributed by atoms with Crippen molar-refractivity contribution in [3.63, 3.8) is 0 Å². The van der Waals surface area contributed by atoms with Gasteiger partial charge in [0.1, 0.15) is 0 Å². The summed E-state index contributed by atoms with van der Waals surface area (Å²) < 4.78 is 0. The lowest BCUT2D eigenvalue weighted by Gasteiger charge is -2.10. The lowest BCUT2D eigenvalue weighted by molar-refractivity contribution is 0.0698. The molecule has 16 heavy (non-hydrogen) atoms. The van der Waals surface area contributed by atoms with Crippen LogP contribution >= 0.6 is 11.8 Å². The van der Waals surface area contributed by atoms with Gasteiger partial charge in [0.15, 0.2) is 0 Å². The van der Waals surface area contributed by atoms with Crippen LogP contribution in [0.15, 0.2) is 23.1 Å². The Morgan fingerprint density at radius 2 is 2.25 bits per heavy atom. The summed E-state index contributed by atoms with van der Waals surface area (Å²) in [6, 6.07) is 4.95. The summed E-state index contributed by atoms with van der Waals surface area (Å²) in [4.78, 5) is 11.7. The highest BCUT2D eigenvalue weighted by atomic mass is 32.2. The van der Waals surface area contributed by atoms with Crippen molar-refractivity contribution in [3.8, 4) is 0 Å². The van der Waals surface area contributed by atoms with Gasteiger partial charge in [-0.15, -0.1) is 11.8 Å². The largest absolute Gasteiger partial charge is 0.478 e. The van der Waals surface area contributed by atoms with Gasteiger partial charge in [0.05, 0.1) is 5.56 Å². The van der Waals surface area contributed by atoms with E-state index in [9.17, 15) is 4.79 Å². The Labute approximate surface area is 98.5 Å². The fourth-order valence-electron chi connectivity index (χ4n) is 1.27. The zero-order chi connectivity index (χ0) is 12.1. The van der Waals surface area contributed by atoms with Crippen LogP contribution in [-0.2, 0) is 0 Å². The number of hydrogen-bond donors (Lipinski definition) is 3. The number of anilines is 1. The molecule has 4 N–H and O–H groups in total. The molecule has 0 fully saturated rings. The molecule has 1 atom stereocenters. The Hall–Kier alpha value is -1.20. The zero-order valence-electron chi connectivity index (χ0n) is 9.01. The Bertz CT molecular complexity index is 381. The third-order valence-corrected chi connectivity index (χ3v) is 3.29. The monoisotopic (exact) mass is 241 g/mol. The minimum Gasteiger partial charge on any atom is -0.478 e. The molecule has 0 saturated heterocycles. The molecule has 0 bridgehead atoms. The predicted octanol–water partition coefficient (Wildman–Crippen LogP) is 1.83. The van der Waals surface area contributed by atoms with Gasteiger partial charge in [0.25, 0.3) is 0 Å². The molecule has 1 rings (SSSR count). The van der Waals surface area contributed by atoms with Gasteiger partial charge in [0, 0.05) is 22.4 Å². The van der Waals surface area contributed by atoms with Crippen molar-refractivity contribution >= 4 is 23.4 Å². The van der Waals surface area contributed by atoms with Crippen LogP contribution in [-0.4, -0.2) is 28.0 Å². The summed E-state index contributed by atoms with van der Waals surface area (Å²) >= 11 is 1.53. The van der Waals surface area contributed by atoms with Crippen LogP contribution < -0.4 is 5.73 Å². The highest BCUT2D eigenvalue weighted by Crippen LogP contribution is 2.27. The first kappa shape index (κ1) is 12.9. The number of nitrogens with two attached hydrogens (primary N) is 1. The molecule has 0 aliphatic carbocycles. The van der Waals surface area contributed by atoms with Crippen LogP contribution in [0.25, 0.3) is 0 Å². The van der Waals surface area contributed by atoms with E-state index in [0.29, 0.717) is 6.42 Å². The van der Waals surface area contributed by atoms with E-state index >= 15 is 0 Å². The van der Waals surface area contributed by atoms with E-state index in [-0.39, 0.29) is 23.1 Å². The molecule has 1 aromatic carbocycles. The smallest absolute Gasteiger partial charge is 0.337 e. The number of aliphatic hydroxyl groups excluding tert-OH is 1. The minimum atomic E-state index is -1.02. The number of thioether (sulfide) groups is 1. The lowest BCUT2D eigenvalue weighted by Crippen LogP contribution is -2.03. The number of benzene rings is 1. The Morgan fingerprint density at radius 3 is 2.81 bits per heavy atom. The van der Waals surface area contributed by atoms with E-state index in [4.69, 9.17) is 15.9 Å². The van der Waals surface area contributed by atoms with Gasteiger partial charge in [-0.05, 0) is 24.6 Å². The minimum absolute atomic E-state index is 0.126. The molecule has 0 saturated carbocycles. The van der Waals surface area contributed by atoms with Gasteiger partial charge in [-0.1, -0.05) is 6.92 Å². The second kappa shape index (κ2) is 5.77. The number of aromatic carboxylic acids is 1. The average molecular weight is 241 g/mol. The third kappa shape index (κ3) is 3.43. The Kier molecular flexibility index (Phi) is 4.64. The first-order valence-corrected chi connectivity index (χ1v) is 5.83. The number of nitrogen functional groups attached to an aromatic ring is 1. The SMILES string of the molecule is CC(CCO)Sc1ccc(N)c(C(=O)O)c1. The maximum absolute atomic E-state index is 10.9. The van der Waals surface area contributed by atoms with Gasteiger partial charge in [-0.25, -0.2) is 4.79 Å². The van der Waals surface area contributed by atoms with Gasteiger partial charge >= 0.3 is 5.97 Å². The van der Waals surface area contributed by atoms with Crippen LogP contribution in [0.2, 0.25) is 0 Å². The molecular formula is C11H15NO3S. The first-order chi connectivity index (χ1) is 7.54. The molecule has 0 radical (unpaired) electrons. The second-order valence-electron chi connectivity index (χ2n) is 3.49. The molecule has 4 nitrogen and oxygen atoms in total. The van der Waals surface area contributed by atoms with E-state index < -0.39 is 5.97 Å². The second-order valence-corrected chi connectivity index (χ2v) is 5.01. The van der Waals surface area contributed by atoms with E-state index in [2.05, 4.69) is 0 Å². The van der Waals surface area contributed by atoms with Gasteiger partial charge in [-0.2, -0.15) is 0 Å². The molecular weight excluding hydrogens is 226 g/mol. The molecule has 0 heterocycles. The molecule has 5 heteroatoms. The summed E-state index contributed by atoms with van der Waals surface area (Å²) in [7, 11) is 0. The van der Waals surface area contributed by atoms with Crippen LogP contribution in [0.1, 0.15) is 23.7 Å². The van der Waals surface area contributed by atoms with E-state index in [0.717, 1.165) is 4.90 Å². The normalized spacial score (nSPS) is 12.4. The van der Waals surface area contributed by atoms with Crippen LogP contribution in [0.4, 0.5) is 5.69 Å². The fourth-order valence-corrected chi connectivity index (χ4v) is 2.29. The molecule has 0 aliphatic heterocycles. The molecule has 0 aromatic heterocycles. The molecule has 1 aromatic rings. The summed E-state index contributed by atoms with van der Waals surface area (Å²) in [6.07, 6.45) is 0.678. The van der Waals surface area contributed by atoms with Crippen molar-refractivity contribution in [2.75, 3.05) is 12.3 Å². The number of carboxylic acids is 1. The van der Waals surface area contributed by atoms with Crippen molar-refractivity contribution in [1.29, 1.82) is 0 Å². The van der Waals surface area contributed by atoms with Gasteiger partial charge < -0.3 is 15.9 Å². The summed E-state index contributed by atoms with van der Waals surface area (Å²) in [5.41, 5.74) is 5.95. The number of carbonyl (C=O) groups is 1. The molecule has 0 amide bonds. The maximum Gasteiger partial charge on any atom is 0.337 e. The average Bonchev–Trinajstić information content (AvgIpc) is 2.21. The first-order valence-electron chi connectivity index (χ1n) is 4.95. The topological polar surface area (TPSA) is 83.5 Å². The molecule has 88 valence electrons. The van der Waals surface area contributed by atoms with Crippen LogP contribution in [0, 0.1) is 0 Å². The lowest BCUT2D eigenvalue weighted by atomic mass is 10.2. The Morgan fingerprint density at radius 1 is 1.56 bits per heavy atom. The number of hydrogen-bond acceptors (Lipinski definition) is 4. The van der Waals surface area contributed by atoms with Gasteiger partial charge in [0.2, 0.25) is 0 Å². The standard InChI is InChI=1S/C11H15NO3S/c1-7(4-5-13)16-8-2-3-10(12)9(6-8)11(14)15/h2-3,6-7,13H,4-5,12H2,1H3,(H,14,15). The van der Waals surface area contributed by atoms with E-state index in [1.165, 1.54) is 11.8 Å². The number of rotatable bonds is 5. The summed E-state index contributed by atoms with van der Waals surface area (Å²) in [6.45, 7) is 2.12. The highest BCUT2D eigenvalue weighted by molar-refractivity contribution is 7.99. The molecule has 0 spiro atoms. The maximum atomic E-state index is 10.9. The third-order valence-electron chi connectivity index (χ3n) is 2.13.